The summed E-state index contributed by atoms with van der Waals surface area (Å²) in [4.78, 5) is 4.72. The largest absolute Gasteiger partial charge is 0.497 e. The molecule has 0 aliphatic heterocycles. The van der Waals surface area contributed by atoms with Crippen LogP contribution >= 0.6 is 0 Å². The second kappa shape index (κ2) is 6.07. The minimum absolute atomic E-state index is 0.331. The summed E-state index contributed by atoms with van der Waals surface area (Å²) in [5, 5.41) is 4.67. The van der Waals surface area contributed by atoms with E-state index in [2.05, 4.69) is 32.8 Å². The van der Waals surface area contributed by atoms with E-state index in [1.807, 2.05) is 28.9 Å². The van der Waals surface area contributed by atoms with Gasteiger partial charge in [-0.05, 0) is 37.6 Å². The van der Waals surface area contributed by atoms with Crippen molar-refractivity contribution < 1.29 is 4.74 Å². The lowest BCUT2D eigenvalue weighted by Gasteiger charge is -2.12. The Hall–Kier alpha value is -1.84. The molecule has 0 spiro atoms. The van der Waals surface area contributed by atoms with E-state index in [0.717, 1.165) is 29.4 Å². The summed E-state index contributed by atoms with van der Waals surface area (Å²) in [5.74, 6) is 3.02. The number of benzene rings is 1. The molecule has 2 rings (SSSR count). The van der Waals surface area contributed by atoms with E-state index in [1.165, 1.54) is 0 Å². The molecule has 20 heavy (non-hydrogen) atoms. The molecule has 1 aromatic carbocycles. The Morgan fingerprint density at radius 3 is 2.30 bits per heavy atom. The predicted octanol–water partition coefficient (Wildman–Crippen LogP) is 4.05. The summed E-state index contributed by atoms with van der Waals surface area (Å²) in [7, 11) is 1.67. The van der Waals surface area contributed by atoms with Crippen LogP contribution in [0.15, 0.2) is 24.3 Å². The first-order chi connectivity index (χ1) is 9.56. The highest BCUT2D eigenvalue weighted by atomic mass is 16.5. The molecule has 1 heterocycles. The smallest absolute Gasteiger partial charge is 0.158 e. The fourth-order valence-corrected chi connectivity index (χ4v) is 2.00. The highest BCUT2D eigenvalue weighted by Gasteiger charge is 2.17. The molecule has 0 aliphatic carbocycles. The molecule has 4 heteroatoms. The summed E-state index contributed by atoms with van der Waals surface area (Å²) in [6.07, 6.45) is 1.03. The average molecular weight is 273 g/mol. The van der Waals surface area contributed by atoms with Gasteiger partial charge in [-0.1, -0.05) is 20.8 Å². The van der Waals surface area contributed by atoms with Crippen LogP contribution in [0.25, 0.3) is 11.4 Å². The van der Waals surface area contributed by atoms with Crippen molar-refractivity contribution in [3.05, 3.63) is 30.1 Å². The molecular weight excluding hydrogens is 250 g/mol. The zero-order valence-corrected chi connectivity index (χ0v) is 12.9. The number of nitrogens with zero attached hydrogens (tertiary/aromatic N) is 3. The van der Waals surface area contributed by atoms with Crippen molar-refractivity contribution >= 4 is 0 Å². The zero-order chi connectivity index (χ0) is 14.7. The number of hydrogen-bond acceptors (Lipinski definition) is 3. The van der Waals surface area contributed by atoms with Crippen molar-refractivity contribution in [2.45, 2.75) is 46.1 Å². The molecule has 0 radical (unpaired) electrons. The van der Waals surface area contributed by atoms with Crippen LogP contribution in [0.1, 0.15) is 51.9 Å². The van der Waals surface area contributed by atoms with Crippen LogP contribution in [0.5, 0.6) is 5.75 Å². The lowest BCUT2D eigenvalue weighted by atomic mass is 10.2. The second-order valence-corrected chi connectivity index (χ2v) is 5.38. The quantitative estimate of drug-likeness (QED) is 0.825. The normalized spacial score (nSPS) is 12.7. The van der Waals surface area contributed by atoms with E-state index in [0.29, 0.717) is 12.0 Å². The van der Waals surface area contributed by atoms with Gasteiger partial charge in [0.15, 0.2) is 11.6 Å². The van der Waals surface area contributed by atoms with E-state index in [-0.39, 0.29) is 0 Å². The van der Waals surface area contributed by atoms with Crippen molar-refractivity contribution in [1.82, 2.24) is 14.8 Å². The standard InChI is InChI=1S/C16H23N3O/c1-6-12(4)19-16(17-15(18-19)11(2)3)13-7-9-14(20-5)10-8-13/h7-12H,6H2,1-5H3. The Morgan fingerprint density at radius 1 is 1.15 bits per heavy atom. The van der Waals surface area contributed by atoms with E-state index < -0.39 is 0 Å². The van der Waals surface area contributed by atoms with E-state index in [4.69, 9.17) is 9.72 Å². The SMILES string of the molecule is CCC(C)n1nc(C(C)C)nc1-c1ccc(OC)cc1. The fraction of sp³-hybridized carbons (Fsp3) is 0.500. The van der Waals surface area contributed by atoms with Crippen LogP contribution < -0.4 is 4.74 Å². The van der Waals surface area contributed by atoms with E-state index >= 15 is 0 Å². The fourth-order valence-electron chi connectivity index (χ4n) is 2.00. The maximum atomic E-state index is 5.20. The molecule has 4 nitrogen and oxygen atoms in total. The monoisotopic (exact) mass is 273 g/mol. The number of methoxy groups -OCH3 is 1. The molecule has 2 aromatic rings. The predicted molar refractivity (Wildman–Crippen MR) is 81.1 cm³/mol. The Kier molecular flexibility index (Phi) is 4.42. The first kappa shape index (κ1) is 14.6. The highest BCUT2D eigenvalue weighted by molar-refractivity contribution is 5.56. The molecule has 0 saturated heterocycles. The van der Waals surface area contributed by atoms with Crippen LogP contribution in [0.2, 0.25) is 0 Å². The molecule has 0 bridgehead atoms. The summed E-state index contributed by atoms with van der Waals surface area (Å²) in [5.41, 5.74) is 1.07. The van der Waals surface area contributed by atoms with Gasteiger partial charge in [0, 0.05) is 11.5 Å². The third kappa shape index (κ3) is 2.84. The second-order valence-electron chi connectivity index (χ2n) is 5.38. The minimum atomic E-state index is 0.331. The van der Waals surface area contributed by atoms with Gasteiger partial charge in [0.2, 0.25) is 0 Å². The van der Waals surface area contributed by atoms with E-state index in [1.54, 1.807) is 7.11 Å². The molecule has 108 valence electrons. The summed E-state index contributed by atoms with van der Waals surface area (Å²) in [6, 6.07) is 8.32. The summed E-state index contributed by atoms with van der Waals surface area (Å²) >= 11 is 0. The Morgan fingerprint density at radius 2 is 1.80 bits per heavy atom. The molecule has 0 fully saturated rings. The van der Waals surface area contributed by atoms with Gasteiger partial charge in [-0.25, -0.2) is 9.67 Å². The molecular formula is C16H23N3O. The van der Waals surface area contributed by atoms with Crippen molar-refractivity contribution in [3.8, 4) is 17.1 Å². The molecule has 0 N–H and O–H groups in total. The van der Waals surface area contributed by atoms with Crippen molar-refractivity contribution in [1.29, 1.82) is 0 Å². The van der Waals surface area contributed by atoms with Gasteiger partial charge >= 0.3 is 0 Å². The van der Waals surface area contributed by atoms with Crippen LogP contribution in [0.3, 0.4) is 0 Å². The number of ether oxygens (including phenoxy) is 1. The van der Waals surface area contributed by atoms with Crippen LogP contribution in [-0.2, 0) is 0 Å². The lowest BCUT2D eigenvalue weighted by Crippen LogP contribution is -2.08. The minimum Gasteiger partial charge on any atom is -0.497 e. The highest BCUT2D eigenvalue weighted by Crippen LogP contribution is 2.26. The van der Waals surface area contributed by atoms with Crippen molar-refractivity contribution in [2.24, 2.45) is 0 Å². The first-order valence-electron chi connectivity index (χ1n) is 7.17. The molecule has 0 amide bonds. The van der Waals surface area contributed by atoms with Gasteiger partial charge in [0.05, 0.1) is 13.2 Å². The van der Waals surface area contributed by atoms with Crippen LogP contribution in [-0.4, -0.2) is 21.9 Å². The molecule has 0 saturated carbocycles. The molecule has 1 unspecified atom stereocenters. The Bertz CT molecular complexity index is 558. The number of aromatic nitrogens is 3. The maximum absolute atomic E-state index is 5.20. The first-order valence-corrected chi connectivity index (χ1v) is 7.17. The zero-order valence-electron chi connectivity index (χ0n) is 12.9. The van der Waals surface area contributed by atoms with Gasteiger partial charge in [-0.2, -0.15) is 5.10 Å². The maximum Gasteiger partial charge on any atom is 0.158 e. The van der Waals surface area contributed by atoms with Gasteiger partial charge < -0.3 is 4.74 Å². The third-order valence-electron chi connectivity index (χ3n) is 3.52. The summed E-state index contributed by atoms with van der Waals surface area (Å²) in [6.45, 7) is 8.58. The number of hydrogen-bond donors (Lipinski definition) is 0. The van der Waals surface area contributed by atoms with E-state index in [9.17, 15) is 0 Å². The van der Waals surface area contributed by atoms with Crippen LogP contribution in [0, 0.1) is 0 Å². The summed E-state index contributed by atoms with van der Waals surface area (Å²) < 4.78 is 7.24. The molecule has 0 aliphatic rings. The van der Waals surface area contributed by atoms with Crippen LogP contribution in [0.4, 0.5) is 0 Å². The molecule has 1 aromatic heterocycles. The molecule has 1 atom stereocenters. The van der Waals surface area contributed by atoms with Gasteiger partial charge in [0.25, 0.3) is 0 Å². The third-order valence-corrected chi connectivity index (χ3v) is 3.52. The topological polar surface area (TPSA) is 39.9 Å². The Labute approximate surface area is 120 Å². The Balaban J connectivity index is 2.47. The van der Waals surface area contributed by atoms with Gasteiger partial charge in [-0.3, -0.25) is 0 Å². The van der Waals surface area contributed by atoms with Gasteiger partial charge in [-0.15, -0.1) is 0 Å². The average Bonchev–Trinajstić information content (AvgIpc) is 2.92. The lowest BCUT2D eigenvalue weighted by molar-refractivity contribution is 0.415. The number of rotatable bonds is 5. The van der Waals surface area contributed by atoms with Crippen molar-refractivity contribution in [3.63, 3.8) is 0 Å². The van der Waals surface area contributed by atoms with Gasteiger partial charge in [0.1, 0.15) is 5.75 Å². The van der Waals surface area contributed by atoms with Crippen molar-refractivity contribution in [2.75, 3.05) is 7.11 Å².